The molecule has 0 saturated heterocycles. The molecular formula is C17H22O2. The highest BCUT2D eigenvalue weighted by Gasteiger charge is 2.22. The molecule has 0 aliphatic heterocycles. The highest BCUT2D eigenvalue weighted by atomic mass is 16.5. The molecule has 2 nitrogen and oxygen atoms in total. The van der Waals surface area contributed by atoms with E-state index in [0.717, 1.165) is 5.56 Å². The van der Waals surface area contributed by atoms with Gasteiger partial charge in [0.25, 0.3) is 0 Å². The van der Waals surface area contributed by atoms with Crippen molar-refractivity contribution in [2.24, 2.45) is 11.8 Å². The summed E-state index contributed by atoms with van der Waals surface area (Å²) in [5, 5.41) is 0. The van der Waals surface area contributed by atoms with Gasteiger partial charge in [-0.05, 0) is 24.8 Å². The van der Waals surface area contributed by atoms with Gasteiger partial charge in [-0.15, -0.1) is 0 Å². The van der Waals surface area contributed by atoms with Gasteiger partial charge < -0.3 is 4.74 Å². The standard InChI is InChI=1S/C17H22O2/c1-4-9-14(2)16(17(18)19-3)13-8-12-15-10-6-5-7-11-15/h4-12,14,16H,13H2,1-3H3/b9-4+,12-8+/t14-,16-/m1/s1. The Kier molecular flexibility index (Phi) is 6.65. The third-order valence-corrected chi connectivity index (χ3v) is 3.13. The first-order chi connectivity index (χ1) is 9.19. The largest absolute Gasteiger partial charge is 0.469 e. The van der Waals surface area contributed by atoms with Crippen molar-refractivity contribution in [2.45, 2.75) is 20.3 Å². The Morgan fingerprint density at radius 1 is 1.32 bits per heavy atom. The fraction of sp³-hybridized carbons (Fsp3) is 0.353. The van der Waals surface area contributed by atoms with Crippen LogP contribution in [0.3, 0.4) is 0 Å². The lowest BCUT2D eigenvalue weighted by Gasteiger charge is -2.17. The number of rotatable bonds is 6. The number of hydrogen-bond acceptors (Lipinski definition) is 2. The van der Waals surface area contributed by atoms with Crippen molar-refractivity contribution >= 4 is 12.0 Å². The summed E-state index contributed by atoms with van der Waals surface area (Å²) >= 11 is 0. The first kappa shape index (κ1) is 15.2. The molecule has 0 saturated carbocycles. The van der Waals surface area contributed by atoms with Gasteiger partial charge in [0.2, 0.25) is 0 Å². The Labute approximate surface area is 115 Å². The van der Waals surface area contributed by atoms with Crippen LogP contribution in [0.25, 0.3) is 6.08 Å². The Morgan fingerprint density at radius 3 is 2.58 bits per heavy atom. The molecule has 1 rings (SSSR count). The maximum Gasteiger partial charge on any atom is 0.309 e. The van der Waals surface area contributed by atoms with Gasteiger partial charge in [-0.2, -0.15) is 0 Å². The third kappa shape index (κ3) is 5.12. The third-order valence-electron chi connectivity index (χ3n) is 3.13. The summed E-state index contributed by atoms with van der Waals surface area (Å²) in [4.78, 5) is 11.8. The van der Waals surface area contributed by atoms with Crippen molar-refractivity contribution in [1.29, 1.82) is 0 Å². The van der Waals surface area contributed by atoms with Gasteiger partial charge in [-0.3, -0.25) is 4.79 Å². The summed E-state index contributed by atoms with van der Waals surface area (Å²) < 4.78 is 4.88. The fourth-order valence-electron chi connectivity index (χ4n) is 2.03. The Bertz CT molecular complexity index is 432. The van der Waals surface area contributed by atoms with E-state index in [1.165, 1.54) is 7.11 Å². The second kappa shape index (κ2) is 8.30. The van der Waals surface area contributed by atoms with Gasteiger partial charge in [0, 0.05) is 0 Å². The summed E-state index contributed by atoms with van der Waals surface area (Å²) in [6, 6.07) is 10.1. The number of carbonyl (C=O) groups excluding carboxylic acids is 1. The first-order valence-electron chi connectivity index (χ1n) is 6.61. The van der Waals surface area contributed by atoms with E-state index < -0.39 is 0 Å². The predicted molar refractivity (Wildman–Crippen MR) is 79.6 cm³/mol. The van der Waals surface area contributed by atoms with E-state index in [1.807, 2.05) is 68.5 Å². The Hall–Kier alpha value is -1.83. The normalized spacial score (nSPS) is 14.7. The van der Waals surface area contributed by atoms with Crippen molar-refractivity contribution in [1.82, 2.24) is 0 Å². The van der Waals surface area contributed by atoms with E-state index in [-0.39, 0.29) is 17.8 Å². The van der Waals surface area contributed by atoms with Crippen molar-refractivity contribution in [3.05, 3.63) is 54.1 Å². The second-order valence-corrected chi connectivity index (χ2v) is 4.56. The minimum Gasteiger partial charge on any atom is -0.469 e. The number of ether oxygens (including phenoxy) is 1. The molecule has 2 atom stereocenters. The minimum atomic E-state index is -0.150. The molecule has 0 aliphatic carbocycles. The van der Waals surface area contributed by atoms with Gasteiger partial charge in [-0.25, -0.2) is 0 Å². The summed E-state index contributed by atoms with van der Waals surface area (Å²) in [6.07, 6.45) is 8.78. The number of allylic oxidation sites excluding steroid dienone is 3. The molecule has 0 amide bonds. The van der Waals surface area contributed by atoms with Crippen LogP contribution < -0.4 is 0 Å². The maximum absolute atomic E-state index is 11.8. The topological polar surface area (TPSA) is 26.3 Å². The van der Waals surface area contributed by atoms with E-state index in [9.17, 15) is 4.79 Å². The summed E-state index contributed by atoms with van der Waals surface area (Å²) in [5.74, 6) is -0.0950. The van der Waals surface area contributed by atoms with E-state index >= 15 is 0 Å². The highest BCUT2D eigenvalue weighted by molar-refractivity contribution is 5.73. The van der Waals surface area contributed by atoms with Crippen LogP contribution in [-0.4, -0.2) is 13.1 Å². The van der Waals surface area contributed by atoms with E-state index in [4.69, 9.17) is 4.74 Å². The van der Waals surface area contributed by atoms with Crippen LogP contribution in [-0.2, 0) is 9.53 Å². The number of esters is 1. The quantitative estimate of drug-likeness (QED) is 0.567. The van der Waals surface area contributed by atoms with Gasteiger partial charge in [-0.1, -0.05) is 61.6 Å². The second-order valence-electron chi connectivity index (χ2n) is 4.56. The SMILES string of the molecule is C/C=C/[C@@H](C)[C@@H](C/C=C/c1ccccc1)C(=O)OC. The smallest absolute Gasteiger partial charge is 0.309 e. The molecule has 0 unspecified atom stereocenters. The number of carbonyl (C=O) groups is 1. The highest BCUT2D eigenvalue weighted by Crippen LogP contribution is 2.20. The summed E-state index contributed by atoms with van der Waals surface area (Å²) in [6.45, 7) is 4.00. The predicted octanol–water partition coefficient (Wildman–Crippen LogP) is 4.09. The van der Waals surface area contributed by atoms with Gasteiger partial charge >= 0.3 is 5.97 Å². The molecule has 0 N–H and O–H groups in total. The molecule has 0 bridgehead atoms. The molecular weight excluding hydrogens is 236 g/mol. The van der Waals surface area contributed by atoms with Gasteiger partial charge in [0.15, 0.2) is 0 Å². The molecule has 0 aromatic heterocycles. The lowest BCUT2D eigenvalue weighted by atomic mass is 9.90. The van der Waals surface area contributed by atoms with Crippen LogP contribution >= 0.6 is 0 Å². The summed E-state index contributed by atoms with van der Waals surface area (Å²) in [7, 11) is 1.44. The zero-order chi connectivity index (χ0) is 14.1. The van der Waals surface area contributed by atoms with Crippen LogP contribution in [0.2, 0.25) is 0 Å². The Balaban J connectivity index is 2.68. The van der Waals surface area contributed by atoms with Crippen LogP contribution in [0.15, 0.2) is 48.6 Å². The molecule has 2 heteroatoms. The van der Waals surface area contributed by atoms with Crippen LogP contribution in [0.1, 0.15) is 25.8 Å². The average molecular weight is 258 g/mol. The summed E-state index contributed by atoms with van der Waals surface area (Å²) in [5.41, 5.74) is 1.14. The molecule has 0 heterocycles. The lowest BCUT2D eigenvalue weighted by Crippen LogP contribution is -2.21. The zero-order valence-electron chi connectivity index (χ0n) is 11.9. The average Bonchev–Trinajstić information content (AvgIpc) is 2.44. The lowest BCUT2D eigenvalue weighted by molar-refractivity contribution is -0.146. The van der Waals surface area contributed by atoms with E-state index in [0.29, 0.717) is 6.42 Å². The van der Waals surface area contributed by atoms with Gasteiger partial charge in [0.05, 0.1) is 13.0 Å². The molecule has 1 aromatic rings. The van der Waals surface area contributed by atoms with E-state index in [1.54, 1.807) is 0 Å². The molecule has 0 fully saturated rings. The first-order valence-corrected chi connectivity index (χ1v) is 6.61. The van der Waals surface area contributed by atoms with Crippen molar-refractivity contribution in [2.75, 3.05) is 7.11 Å². The molecule has 0 spiro atoms. The molecule has 0 aliphatic rings. The van der Waals surface area contributed by atoms with Crippen LogP contribution in [0.4, 0.5) is 0 Å². The minimum absolute atomic E-state index is 0.124. The van der Waals surface area contributed by atoms with Crippen molar-refractivity contribution < 1.29 is 9.53 Å². The van der Waals surface area contributed by atoms with Crippen molar-refractivity contribution in [3.63, 3.8) is 0 Å². The maximum atomic E-state index is 11.8. The van der Waals surface area contributed by atoms with Crippen molar-refractivity contribution in [3.8, 4) is 0 Å². The molecule has 0 radical (unpaired) electrons. The molecule has 1 aromatic carbocycles. The van der Waals surface area contributed by atoms with E-state index in [2.05, 4.69) is 0 Å². The number of benzene rings is 1. The number of hydrogen-bond donors (Lipinski definition) is 0. The zero-order valence-corrected chi connectivity index (χ0v) is 11.9. The number of methoxy groups -OCH3 is 1. The fourth-order valence-corrected chi connectivity index (χ4v) is 2.03. The van der Waals surface area contributed by atoms with Gasteiger partial charge in [0.1, 0.15) is 0 Å². The monoisotopic (exact) mass is 258 g/mol. The van der Waals surface area contributed by atoms with Crippen LogP contribution in [0, 0.1) is 11.8 Å². The van der Waals surface area contributed by atoms with Crippen LogP contribution in [0.5, 0.6) is 0 Å². The Morgan fingerprint density at radius 2 is 2.00 bits per heavy atom. The molecule has 102 valence electrons. The molecule has 19 heavy (non-hydrogen) atoms.